The topological polar surface area (TPSA) is 130 Å². The molecule has 3 N–H and O–H groups in total. The molecule has 31 heavy (non-hydrogen) atoms. The predicted octanol–water partition coefficient (Wildman–Crippen LogP) is 3.03. The van der Waals surface area contributed by atoms with Gasteiger partial charge in [0.05, 0.1) is 0 Å². The number of sulfonamides is 1. The van der Waals surface area contributed by atoms with Crippen molar-refractivity contribution in [3.8, 4) is 0 Å². The number of aromatic amines is 1. The van der Waals surface area contributed by atoms with E-state index in [1.165, 1.54) is 25.2 Å². The number of benzene rings is 1. The molecule has 0 fully saturated rings. The molecule has 2 heterocycles. The number of aromatic nitrogens is 3. The molecule has 1 unspecified atom stereocenters. The minimum Gasteiger partial charge on any atom is -0.391 e. The molecule has 0 aliphatic heterocycles. The van der Waals surface area contributed by atoms with E-state index in [1.807, 2.05) is 6.92 Å². The molecule has 0 bridgehead atoms. The van der Waals surface area contributed by atoms with E-state index >= 15 is 0 Å². The van der Waals surface area contributed by atoms with Gasteiger partial charge in [-0.15, -0.1) is 5.10 Å². The van der Waals surface area contributed by atoms with Crippen molar-refractivity contribution in [1.82, 2.24) is 19.9 Å². The number of halogens is 2. The SMILES string of the molecule is CNc1nc(Cl)ccc1S(=O)(=O)N[C@H](c1n[nH]c(=O)o1)C(C)c1c(F)ccc(C)c1C. The molecule has 0 aliphatic rings. The maximum absolute atomic E-state index is 14.7. The predicted molar refractivity (Wildman–Crippen MR) is 113 cm³/mol. The minimum atomic E-state index is -4.22. The number of hydrogen-bond acceptors (Lipinski definition) is 7. The summed E-state index contributed by atoms with van der Waals surface area (Å²) in [6.45, 7) is 5.17. The molecule has 2 atom stereocenters. The standard InChI is InChI=1S/C19H21ClFN5O4S/c1-9-5-6-12(21)15(10(9)2)11(3)16(18-24-25-19(27)30-18)26-31(28,29)13-7-8-14(20)23-17(13)22-4/h5-8,11,16,26H,1-4H3,(H,22,23)(H,25,27)/t11?,16-/m0/s1. The first-order valence-corrected chi connectivity index (χ1v) is 11.1. The fourth-order valence-electron chi connectivity index (χ4n) is 3.32. The van der Waals surface area contributed by atoms with Crippen molar-refractivity contribution in [1.29, 1.82) is 0 Å². The van der Waals surface area contributed by atoms with Gasteiger partial charge in [-0.05, 0) is 48.7 Å². The van der Waals surface area contributed by atoms with Gasteiger partial charge in [0.15, 0.2) is 0 Å². The first-order valence-electron chi connectivity index (χ1n) is 9.22. The zero-order valence-electron chi connectivity index (χ0n) is 17.2. The van der Waals surface area contributed by atoms with Crippen molar-refractivity contribution < 1.29 is 17.2 Å². The van der Waals surface area contributed by atoms with Crippen LogP contribution in [0.2, 0.25) is 5.15 Å². The lowest BCUT2D eigenvalue weighted by Gasteiger charge is -2.25. The Morgan fingerprint density at radius 3 is 2.55 bits per heavy atom. The van der Waals surface area contributed by atoms with Gasteiger partial charge in [0.1, 0.15) is 27.7 Å². The Balaban J connectivity index is 2.12. The van der Waals surface area contributed by atoms with Gasteiger partial charge in [-0.1, -0.05) is 24.6 Å². The van der Waals surface area contributed by atoms with Crippen molar-refractivity contribution in [3.05, 3.63) is 68.4 Å². The van der Waals surface area contributed by atoms with Crippen LogP contribution in [0, 0.1) is 19.7 Å². The molecule has 0 saturated carbocycles. The number of nitrogens with zero attached hydrogens (tertiary/aromatic N) is 2. The highest BCUT2D eigenvalue weighted by Gasteiger charge is 2.34. The van der Waals surface area contributed by atoms with E-state index in [4.69, 9.17) is 16.0 Å². The van der Waals surface area contributed by atoms with Crippen LogP contribution in [0.4, 0.5) is 10.2 Å². The molecule has 166 valence electrons. The summed E-state index contributed by atoms with van der Waals surface area (Å²) in [5, 5.41) is 8.66. The summed E-state index contributed by atoms with van der Waals surface area (Å²) in [5.74, 6) is -2.36. The fraction of sp³-hybridized carbons (Fsp3) is 0.316. The minimum absolute atomic E-state index is 0.0211. The lowest BCUT2D eigenvalue weighted by Crippen LogP contribution is -2.33. The maximum Gasteiger partial charge on any atom is 0.434 e. The summed E-state index contributed by atoms with van der Waals surface area (Å²) in [5.41, 5.74) is 1.76. The van der Waals surface area contributed by atoms with E-state index in [0.29, 0.717) is 5.56 Å². The van der Waals surface area contributed by atoms with E-state index in [2.05, 4.69) is 25.2 Å². The molecule has 0 saturated heterocycles. The molecular weight excluding hydrogens is 449 g/mol. The number of pyridine rings is 1. The first kappa shape index (κ1) is 22.9. The number of aryl methyl sites for hydroxylation is 1. The third-order valence-electron chi connectivity index (χ3n) is 5.04. The molecule has 2 aromatic heterocycles. The van der Waals surface area contributed by atoms with Gasteiger partial charge in [0.25, 0.3) is 0 Å². The molecule has 0 amide bonds. The second-order valence-electron chi connectivity index (χ2n) is 6.97. The largest absolute Gasteiger partial charge is 0.434 e. The maximum atomic E-state index is 14.7. The van der Waals surface area contributed by atoms with E-state index in [1.54, 1.807) is 19.9 Å². The third-order valence-corrected chi connectivity index (χ3v) is 6.72. The van der Waals surface area contributed by atoms with E-state index < -0.39 is 33.6 Å². The van der Waals surface area contributed by atoms with Gasteiger partial charge in [-0.2, -0.15) is 4.72 Å². The Morgan fingerprint density at radius 1 is 1.23 bits per heavy atom. The van der Waals surface area contributed by atoms with Crippen LogP contribution >= 0.6 is 11.6 Å². The van der Waals surface area contributed by atoms with Crippen LogP contribution in [0.15, 0.2) is 38.4 Å². The Hall–Kier alpha value is -2.76. The van der Waals surface area contributed by atoms with Crippen molar-refractivity contribution in [2.45, 2.75) is 37.6 Å². The highest BCUT2D eigenvalue weighted by molar-refractivity contribution is 7.89. The number of H-pyrrole nitrogens is 1. The van der Waals surface area contributed by atoms with Crippen LogP contribution in [-0.2, 0) is 10.0 Å². The zero-order valence-corrected chi connectivity index (χ0v) is 18.7. The summed E-state index contributed by atoms with van der Waals surface area (Å²) >= 11 is 5.86. The molecule has 0 spiro atoms. The molecule has 9 nitrogen and oxygen atoms in total. The van der Waals surface area contributed by atoms with Crippen LogP contribution in [0.25, 0.3) is 0 Å². The third kappa shape index (κ3) is 4.63. The average Bonchev–Trinajstić information content (AvgIpc) is 3.14. The van der Waals surface area contributed by atoms with Crippen LogP contribution in [0.5, 0.6) is 0 Å². The smallest absolute Gasteiger partial charge is 0.391 e. The normalized spacial score (nSPS) is 13.7. The lowest BCUT2D eigenvalue weighted by atomic mass is 9.88. The Labute approximate surface area is 183 Å². The van der Waals surface area contributed by atoms with Gasteiger partial charge < -0.3 is 9.73 Å². The van der Waals surface area contributed by atoms with Crippen LogP contribution < -0.4 is 15.8 Å². The number of anilines is 1. The number of nitrogens with one attached hydrogen (secondary N) is 3. The second kappa shape index (κ2) is 8.77. The van der Waals surface area contributed by atoms with Crippen molar-refractivity contribution in [2.75, 3.05) is 12.4 Å². The van der Waals surface area contributed by atoms with Crippen LogP contribution in [0.3, 0.4) is 0 Å². The highest BCUT2D eigenvalue weighted by Crippen LogP contribution is 2.35. The van der Waals surface area contributed by atoms with E-state index in [-0.39, 0.29) is 27.3 Å². The van der Waals surface area contributed by atoms with Gasteiger partial charge >= 0.3 is 5.76 Å². The van der Waals surface area contributed by atoms with Gasteiger partial charge in [-0.3, -0.25) is 0 Å². The van der Waals surface area contributed by atoms with E-state index in [0.717, 1.165) is 5.56 Å². The summed E-state index contributed by atoms with van der Waals surface area (Å²) in [7, 11) is -2.72. The van der Waals surface area contributed by atoms with Crippen LogP contribution in [0.1, 0.15) is 41.5 Å². The molecule has 12 heteroatoms. The zero-order chi connectivity index (χ0) is 22.9. The van der Waals surface area contributed by atoms with Crippen molar-refractivity contribution >= 4 is 27.4 Å². The molecular formula is C19H21ClFN5O4S. The molecule has 1 aromatic carbocycles. The van der Waals surface area contributed by atoms with Gasteiger partial charge in [0, 0.05) is 13.0 Å². The molecule has 0 radical (unpaired) electrons. The Kier molecular flexibility index (Phi) is 6.48. The average molecular weight is 470 g/mol. The van der Waals surface area contributed by atoms with Crippen molar-refractivity contribution in [3.63, 3.8) is 0 Å². The Morgan fingerprint density at radius 2 is 1.94 bits per heavy atom. The summed E-state index contributed by atoms with van der Waals surface area (Å²) < 4.78 is 48.7. The monoisotopic (exact) mass is 469 g/mol. The summed E-state index contributed by atoms with van der Waals surface area (Å²) in [6.07, 6.45) is 0. The Bertz CT molecular complexity index is 1270. The second-order valence-corrected chi connectivity index (χ2v) is 9.04. The highest BCUT2D eigenvalue weighted by atomic mass is 35.5. The quantitative estimate of drug-likeness (QED) is 0.453. The molecule has 3 rings (SSSR count). The number of rotatable bonds is 7. The fourth-order valence-corrected chi connectivity index (χ4v) is 4.88. The van der Waals surface area contributed by atoms with Crippen molar-refractivity contribution in [2.24, 2.45) is 0 Å². The van der Waals surface area contributed by atoms with Gasteiger partial charge in [0.2, 0.25) is 15.9 Å². The lowest BCUT2D eigenvalue weighted by molar-refractivity contribution is 0.377. The van der Waals surface area contributed by atoms with Gasteiger partial charge in [-0.25, -0.2) is 27.7 Å². The van der Waals surface area contributed by atoms with E-state index in [9.17, 15) is 17.6 Å². The van der Waals surface area contributed by atoms with Crippen LogP contribution in [-0.4, -0.2) is 30.6 Å². The molecule has 3 aromatic rings. The summed E-state index contributed by atoms with van der Waals surface area (Å²) in [4.78, 5) is 15.3. The molecule has 0 aliphatic carbocycles. The number of hydrogen-bond donors (Lipinski definition) is 3. The summed E-state index contributed by atoms with van der Waals surface area (Å²) in [6, 6.07) is 4.36. The first-order chi connectivity index (χ1) is 14.5.